The van der Waals surface area contributed by atoms with Gasteiger partial charge in [0.05, 0.1) is 11.4 Å². The maximum atomic E-state index is 4.63. The van der Waals surface area contributed by atoms with Crippen LogP contribution in [0.5, 0.6) is 0 Å². The molecule has 1 aromatic carbocycles. The normalized spacial score (nSPS) is 13.2. The van der Waals surface area contributed by atoms with E-state index in [1.807, 2.05) is 0 Å². The number of benzene rings is 1. The van der Waals surface area contributed by atoms with Crippen LogP contribution in [0.4, 0.5) is 0 Å². The topological polar surface area (TPSA) is 57.4 Å². The molecule has 0 fully saturated rings. The Labute approximate surface area is 183 Å². The number of halogens is 1. The molecule has 0 saturated carbocycles. The van der Waals surface area contributed by atoms with Crippen LogP contribution in [0.1, 0.15) is 79.3 Å². The first-order valence-corrected chi connectivity index (χ1v) is 10.9. The van der Waals surface area contributed by atoms with E-state index in [1.165, 1.54) is 5.56 Å². The SMILES string of the molecule is CC(C)(C)c1cc(-c2cc(C(C)(C)C)[nH]n2)c(Br)c(-c2cc(C(C)(C)C)[nH]n2)c1. The van der Waals surface area contributed by atoms with Crippen molar-refractivity contribution in [2.24, 2.45) is 0 Å². The Morgan fingerprint density at radius 3 is 1.28 bits per heavy atom. The molecule has 0 unspecified atom stereocenters. The van der Waals surface area contributed by atoms with E-state index in [1.54, 1.807) is 0 Å². The summed E-state index contributed by atoms with van der Waals surface area (Å²) in [6.45, 7) is 19.8. The first-order valence-electron chi connectivity index (χ1n) is 10.1. The predicted molar refractivity (Wildman–Crippen MR) is 125 cm³/mol. The van der Waals surface area contributed by atoms with Crippen molar-refractivity contribution in [3.05, 3.63) is 45.7 Å². The molecule has 0 atom stereocenters. The third kappa shape index (κ3) is 4.50. The zero-order chi connectivity index (χ0) is 21.8. The lowest BCUT2D eigenvalue weighted by Crippen LogP contribution is -2.12. The molecule has 156 valence electrons. The summed E-state index contributed by atoms with van der Waals surface area (Å²) in [6, 6.07) is 8.80. The van der Waals surface area contributed by atoms with Crippen LogP contribution in [0.3, 0.4) is 0 Å². The molecule has 3 aromatic rings. The highest BCUT2D eigenvalue weighted by atomic mass is 79.9. The summed E-state index contributed by atoms with van der Waals surface area (Å²) in [7, 11) is 0. The van der Waals surface area contributed by atoms with Gasteiger partial charge in [-0.3, -0.25) is 10.2 Å². The van der Waals surface area contributed by atoms with Gasteiger partial charge in [0.2, 0.25) is 0 Å². The second-order valence-corrected chi connectivity index (χ2v) is 11.8. The molecule has 2 aromatic heterocycles. The van der Waals surface area contributed by atoms with Gasteiger partial charge in [-0.1, -0.05) is 62.3 Å². The predicted octanol–water partition coefficient (Wildman–Crippen LogP) is 7.12. The van der Waals surface area contributed by atoms with E-state index in [0.717, 1.165) is 38.4 Å². The Morgan fingerprint density at radius 1 is 0.621 bits per heavy atom. The van der Waals surface area contributed by atoms with E-state index < -0.39 is 0 Å². The molecule has 0 saturated heterocycles. The average Bonchev–Trinajstić information content (AvgIpc) is 3.22. The lowest BCUT2D eigenvalue weighted by molar-refractivity contribution is 0.566. The zero-order valence-corrected chi connectivity index (χ0v) is 20.7. The summed E-state index contributed by atoms with van der Waals surface area (Å²) in [5, 5.41) is 15.7. The number of aromatic amines is 2. The molecular formula is C24H33BrN4. The fourth-order valence-corrected chi connectivity index (χ4v) is 3.75. The van der Waals surface area contributed by atoms with Crippen LogP contribution < -0.4 is 0 Å². The molecule has 0 aliphatic carbocycles. The van der Waals surface area contributed by atoms with Gasteiger partial charge in [0, 0.05) is 37.8 Å². The molecular weight excluding hydrogens is 424 g/mol. The number of hydrogen-bond donors (Lipinski definition) is 2. The Hall–Kier alpha value is -1.88. The van der Waals surface area contributed by atoms with Crippen molar-refractivity contribution in [3.63, 3.8) is 0 Å². The van der Waals surface area contributed by atoms with Crippen LogP contribution in [0.15, 0.2) is 28.7 Å². The number of H-pyrrole nitrogens is 2. The Bertz CT molecular complexity index is 947. The van der Waals surface area contributed by atoms with Gasteiger partial charge in [-0.15, -0.1) is 0 Å². The van der Waals surface area contributed by atoms with Crippen molar-refractivity contribution in [3.8, 4) is 22.5 Å². The molecule has 3 rings (SSSR count). The van der Waals surface area contributed by atoms with Crippen LogP contribution in [-0.4, -0.2) is 20.4 Å². The van der Waals surface area contributed by atoms with Crippen LogP contribution in [0.25, 0.3) is 22.5 Å². The van der Waals surface area contributed by atoms with Gasteiger partial charge < -0.3 is 0 Å². The minimum atomic E-state index is 0.0104. The minimum Gasteiger partial charge on any atom is -0.281 e. The van der Waals surface area contributed by atoms with Crippen molar-refractivity contribution in [2.75, 3.05) is 0 Å². The number of nitrogens with one attached hydrogen (secondary N) is 2. The second kappa shape index (κ2) is 7.12. The van der Waals surface area contributed by atoms with Crippen molar-refractivity contribution in [1.29, 1.82) is 0 Å². The largest absolute Gasteiger partial charge is 0.281 e. The zero-order valence-electron chi connectivity index (χ0n) is 19.1. The number of aromatic nitrogens is 4. The molecule has 29 heavy (non-hydrogen) atoms. The first kappa shape index (κ1) is 21.8. The minimum absolute atomic E-state index is 0.0104. The van der Waals surface area contributed by atoms with E-state index in [0.29, 0.717) is 0 Å². The fraction of sp³-hybridized carbons (Fsp3) is 0.500. The van der Waals surface area contributed by atoms with Crippen LogP contribution in [0, 0.1) is 0 Å². The van der Waals surface area contributed by atoms with Crippen LogP contribution >= 0.6 is 15.9 Å². The van der Waals surface area contributed by atoms with Gasteiger partial charge in [0.25, 0.3) is 0 Å². The summed E-state index contributed by atoms with van der Waals surface area (Å²) in [5.74, 6) is 0. The molecule has 0 bridgehead atoms. The quantitative estimate of drug-likeness (QED) is 0.430. The second-order valence-electron chi connectivity index (χ2n) is 11.0. The number of nitrogens with zero attached hydrogens (tertiary/aromatic N) is 2. The van der Waals surface area contributed by atoms with Crippen molar-refractivity contribution in [2.45, 2.75) is 78.6 Å². The van der Waals surface area contributed by atoms with Crippen molar-refractivity contribution >= 4 is 15.9 Å². The lowest BCUT2D eigenvalue weighted by atomic mass is 9.84. The summed E-state index contributed by atoms with van der Waals surface area (Å²) in [6.07, 6.45) is 0. The maximum absolute atomic E-state index is 4.63. The number of hydrogen-bond acceptors (Lipinski definition) is 2. The molecule has 0 radical (unpaired) electrons. The molecule has 2 N–H and O–H groups in total. The highest BCUT2D eigenvalue weighted by molar-refractivity contribution is 9.10. The van der Waals surface area contributed by atoms with E-state index in [4.69, 9.17) is 0 Å². The molecule has 0 spiro atoms. The third-order valence-electron chi connectivity index (χ3n) is 5.26. The van der Waals surface area contributed by atoms with Crippen molar-refractivity contribution in [1.82, 2.24) is 20.4 Å². The molecule has 2 heterocycles. The van der Waals surface area contributed by atoms with E-state index >= 15 is 0 Å². The summed E-state index contributed by atoms with van der Waals surface area (Å²) < 4.78 is 1.02. The Kier molecular flexibility index (Phi) is 5.36. The van der Waals surface area contributed by atoms with Crippen LogP contribution in [-0.2, 0) is 16.2 Å². The lowest BCUT2D eigenvalue weighted by Gasteiger charge is -2.22. The molecule has 4 nitrogen and oxygen atoms in total. The smallest absolute Gasteiger partial charge is 0.0935 e. The van der Waals surface area contributed by atoms with E-state index in [-0.39, 0.29) is 16.2 Å². The van der Waals surface area contributed by atoms with Gasteiger partial charge in [-0.2, -0.15) is 10.2 Å². The van der Waals surface area contributed by atoms with Gasteiger partial charge in [0.15, 0.2) is 0 Å². The van der Waals surface area contributed by atoms with E-state index in [2.05, 4.69) is 123 Å². The molecule has 0 aliphatic heterocycles. The summed E-state index contributed by atoms with van der Waals surface area (Å²) >= 11 is 3.87. The van der Waals surface area contributed by atoms with E-state index in [9.17, 15) is 0 Å². The molecule has 5 heteroatoms. The Morgan fingerprint density at radius 2 is 1.00 bits per heavy atom. The van der Waals surface area contributed by atoms with Gasteiger partial charge >= 0.3 is 0 Å². The van der Waals surface area contributed by atoms with Gasteiger partial charge in [0.1, 0.15) is 0 Å². The number of rotatable bonds is 2. The monoisotopic (exact) mass is 456 g/mol. The average molecular weight is 457 g/mol. The third-order valence-corrected chi connectivity index (χ3v) is 6.12. The highest BCUT2D eigenvalue weighted by Crippen LogP contribution is 2.41. The van der Waals surface area contributed by atoms with Crippen LogP contribution in [0.2, 0.25) is 0 Å². The summed E-state index contributed by atoms with van der Waals surface area (Å²) in [4.78, 5) is 0. The fourth-order valence-electron chi connectivity index (χ4n) is 3.12. The highest BCUT2D eigenvalue weighted by Gasteiger charge is 2.24. The van der Waals surface area contributed by atoms with Crippen molar-refractivity contribution < 1.29 is 0 Å². The van der Waals surface area contributed by atoms with Gasteiger partial charge in [-0.25, -0.2) is 0 Å². The summed E-state index contributed by atoms with van der Waals surface area (Å²) in [5.41, 5.74) is 7.61. The van der Waals surface area contributed by atoms with Gasteiger partial charge in [-0.05, 0) is 51.2 Å². The first-order chi connectivity index (χ1) is 13.2. The molecule has 0 aliphatic rings. The Balaban J connectivity index is 2.21. The maximum Gasteiger partial charge on any atom is 0.0935 e. The molecule has 0 amide bonds. The standard InChI is InChI=1S/C24H33BrN4/c1-22(2,3)14-10-15(17-12-19(28-26-17)23(4,5)6)21(25)16(11-14)18-13-20(29-27-18)24(7,8)9/h10-13H,1-9H3,(H,26,28)(H,27,29).